The number of sulfone groups is 1. The normalized spacial score (nSPS) is 13.6. The van der Waals surface area contributed by atoms with Crippen molar-refractivity contribution >= 4 is 32.2 Å². The molecule has 0 aliphatic rings. The second-order valence-electron chi connectivity index (χ2n) is 3.56. The van der Waals surface area contributed by atoms with Crippen molar-refractivity contribution in [3.63, 3.8) is 0 Å². The summed E-state index contributed by atoms with van der Waals surface area (Å²) in [4.78, 5) is 0.105. The smallest absolute Gasteiger partial charge is 0.184 e. The Morgan fingerprint density at radius 2 is 2.24 bits per heavy atom. The maximum atomic E-state index is 11.8. The molecule has 1 atom stereocenters. The van der Waals surface area contributed by atoms with Crippen molar-refractivity contribution in [1.82, 2.24) is 4.37 Å². The van der Waals surface area contributed by atoms with Crippen LogP contribution in [0, 0.1) is 0 Å². The number of nitrogen functional groups attached to an aromatic ring is 1. The highest BCUT2D eigenvalue weighted by Gasteiger charge is 2.23. The van der Waals surface area contributed by atoms with Crippen molar-refractivity contribution in [2.24, 2.45) is 0 Å². The first-order valence-corrected chi connectivity index (χ1v) is 7.59. The molecule has 6 nitrogen and oxygen atoms in total. The molecule has 17 heavy (non-hydrogen) atoms. The van der Waals surface area contributed by atoms with Crippen molar-refractivity contribution in [2.45, 2.75) is 24.8 Å². The highest BCUT2D eigenvalue weighted by molar-refractivity contribution is 7.91. The van der Waals surface area contributed by atoms with E-state index in [0.29, 0.717) is 11.5 Å². The van der Waals surface area contributed by atoms with Gasteiger partial charge in [0, 0.05) is 13.7 Å². The summed E-state index contributed by atoms with van der Waals surface area (Å²) < 4.78 is 32.6. The molecule has 1 aromatic heterocycles. The summed E-state index contributed by atoms with van der Waals surface area (Å²) in [5.41, 5.74) is 5.59. The van der Waals surface area contributed by atoms with Crippen LogP contribution >= 0.6 is 11.5 Å². The quantitative estimate of drug-likeness (QED) is 0.805. The predicted octanol–water partition coefficient (Wildman–Crippen LogP) is 0.966. The molecular weight excluding hydrogens is 262 g/mol. The molecular formula is C9H17N3O3S2. The first-order valence-electron chi connectivity index (χ1n) is 5.17. The number of aromatic nitrogens is 1. The van der Waals surface area contributed by atoms with Gasteiger partial charge in [0.25, 0.3) is 0 Å². The topological polar surface area (TPSA) is 94.3 Å². The van der Waals surface area contributed by atoms with Gasteiger partial charge in [-0.1, -0.05) is 6.92 Å². The van der Waals surface area contributed by atoms with Crippen LogP contribution < -0.4 is 11.1 Å². The first kappa shape index (κ1) is 14.2. The van der Waals surface area contributed by atoms with Crippen LogP contribution in [0.25, 0.3) is 0 Å². The van der Waals surface area contributed by atoms with E-state index in [0.717, 1.165) is 11.5 Å². The largest absolute Gasteiger partial charge is 0.382 e. The van der Waals surface area contributed by atoms with Crippen molar-refractivity contribution in [1.29, 1.82) is 0 Å². The third-order valence-electron chi connectivity index (χ3n) is 2.32. The number of nitrogens with two attached hydrogens (primary N) is 1. The Morgan fingerprint density at radius 3 is 2.76 bits per heavy atom. The van der Waals surface area contributed by atoms with Gasteiger partial charge >= 0.3 is 0 Å². The molecule has 0 aromatic carbocycles. The van der Waals surface area contributed by atoms with Gasteiger partial charge in [0.15, 0.2) is 15.7 Å². The van der Waals surface area contributed by atoms with Gasteiger partial charge in [-0.05, 0) is 18.5 Å². The van der Waals surface area contributed by atoms with Crippen molar-refractivity contribution < 1.29 is 13.2 Å². The predicted molar refractivity (Wildman–Crippen MR) is 69.2 cm³/mol. The fourth-order valence-corrected chi connectivity index (χ4v) is 3.35. The molecule has 0 amide bonds. The first-order chi connectivity index (χ1) is 7.92. The third kappa shape index (κ3) is 3.30. The van der Waals surface area contributed by atoms with E-state index in [1.54, 1.807) is 14.0 Å². The average Bonchev–Trinajstić information content (AvgIpc) is 2.68. The van der Waals surface area contributed by atoms with Gasteiger partial charge in [-0.2, -0.15) is 4.37 Å². The van der Waals surface area contributed by atoms with Crippen LogP contribution in [0.4, 0.5) is 10.8 Å². The summed E-state index contributed by atoms with van der Waals surface area (Å²) in [6.45, 7) is 3.96. The lowest BCUT2D eigenvalue weighted by molar-refractivity contribution is 0.129. The summed E-state index contributed by atoms with van der Waals surface area (Å²) in [5, 5.41) is 3.48. The summed E-state index contributed by atoms with van der Waals surface area (Å²) in [6.07, 6.45) is -0.0181. The SMILES string of the molecule is CCS(=O)(=O)c1c(N)nsc1NCC(C)OC. The Labute approximate surface area is 105 Å². The standard InChI is InChI=1S/C9H17N3O3S2/c1-4-17(13,14)7-8(10)12-16-9(7)11-5-6(2)15-3/h6,11H,4-5H2,1-3H3,(H2,10,12). The highest BCUT2D eigenvalue weighted by atomic mass is 32.2. The number of ether oxygens (including phenoxy) is 1. The number of rotatable bonds is 6. The summed E-state index contributed by atoms with van der Waals surface area (Å²) in [7, 11) is -1.76. The summed E-state index contributed by atoms with van der Waals surface area (Å²) in [6, 6.07) is 0. The lowest BCUT2D eigenvalue weighted by Gasteiger charge is -2.11. The minimum Gasteiger partial charge on any atom is -0.382 e. The molecule has 0 saturated heterocycles. The van der Waals surface area contributed by atoms with Gasteiger partial charge in [0.2, 0.25) is 0 Å². The molecule has 0 spiro atoms. The molecule has 0 bridgehead atoms. The Hall–Kier alpha value is -0.860. The van der Waals surface area contributed by atoms with E-state index in [4.69, 9.17) is 10.5 Å². The van der Waals surface area contributed by atoms with E-state index < -0.39 is 9.84 Å². The van der Waals surface area contributed by atoms with E-state index in [-0.39, 0.29) is 22.6 Å². The second-order valence-corrected chi connectivity index (χ2v) is 6.55. The van der Waals surface area contributed by atoms with Crippen LogP contribution in [-0.4, -0.2) is 38.3 Å². The second kappa shape index (κ2) is 5.65. The molecule has 0 aliphatic carbocycles. The number of hydrogen-bond acceptors (Lipinski definition) is 7. The van der Waals surface area contributed by atoms with E-state index in [9.17, 15) is 8.42 Å². The zero-order chi connectivity index (χ0) is 13.1. The molecule has 0 saturated carbocycles. The van der Waals surface area contributed by atoms with Crippen molar-refractivity contribution in [3.05, 3.63) is 0 Å². The van der Waals surface area contributed by atoms with E-state index >= 15 is 0 Å². The van der Waals surface area contributed by atoms with Crippen LogP contribution in [0.3, 0.4) is 0 Å². The van der Waals surface area contributed by atoms with Crippen LogP contribution in [0.1, 0.15) is 13.8 Å². The molecule has 1 heterocycles. The Morgan fingerprint density at radius 1 is 1.59 bits per heavy atom. The zero-order valence-electron chi connectivity index (χ0n) is 10.1. The fourth-order valence-electron chi connectivity index (χ4n) is 1.17. The molecule has 0 fully saturated rings. The highest BCUT2D eigenvalue weighted by Crippen LogP contribution is 2.32. The van der Waals surface area contributed by atoms with Gasteiger partial charge in [-0.3, -0.25) is 0 Å². The van der Waals surface area contributed by atoms with Gasteiger partial charge in [0.1, 0.15) is 9.90 Å². The summed E-state index contributed by atoms with van der Waals surface area (Å²) in [5.74, 6) is 0.0637. The minimum absolute atomic E-state index is 0.00409. The molecule has 8 heteroatoms. The van der Waals surface area contributed by atoms with Gasteiger partial charge in [0.05, 0.1) is 11.9 Å². The van der Waals surface area contributed by atoms with E-state index in [1.165, 1.54) is 0 Å². The number of nitrogens with zero attached hydrogens (tertiary/aromatic N) is 1. The number of nitrogens with one attached hydrogen (secondary N) is 1. The van der Waals surface area contributed by atoms with Gasteiger partial charge in [-0.15, -0.1) is 0 Å². The Balaban J connectivity index is 2.95. The van der Waals surface area contributed by atoms with Gasteiger partial charge in [-0.25, -0.2) is 8.42 Å². The lowest BCUT2D eigenvalue weighted by atomic mass is 10.4. The molecule has 1 rings (SSSR count). The minimum atomic E-state index is -3.35. The fraction of sp³-hybridized carbons (Fsp3) is 0.667. The van der Waals surface area contributed by atoms with Crippen molar-refractivity contribution in [2.75, 3.05) is 30.5 Å². The Kier molecular flexibility index (Phi) is 4.72. The monoisotopic (exact) mass is 279 g/mol. The maximum absolute atomic E-state index is 11.8. The van der Waals surface area contributed by atoms with Crippen LogP contribution in [0.15, 0.2) is 4.90 Å². The number of methoxy groups -OCH3 is 1. The molecule has 3 N–H and O–H groups in total. The van der Waals surface area contributed by atoms with Crippen molar-refractivity contribution in [3.8, 4) is 0 Å². The molecule has 0 radical (unpaired) electrons. The van der Waals surface area contributed by atoms with Crippen LogP contribution in [-0.2, 0) is 14.6 Å². The molecule has 0 aliphatic heterocycles. The lowest BCUT2D eigenvalue weighted by Crippen LogP contribution is -2.19. The molecule has 98 valence electrons. The maximum Gasteiger partial charge on any atom is 0.184 e. The molecule has 1 aromatic rings. The summed E-state index contributed by atoms with van der Waals surface area (Å²) >= 11 is 1.05. The molecule has 1 unspecified atom stereocenters. The van der Waals surface area contributed by atoms with E-state index in [1.807, 2.05) is 6.92 Å². The van der Waals surface area contributed by atoms with E-state index in [2.05, 4.69) is 9.69 Å². The van der Waals surface area contributed by atoms with Crippen LogP contribution in [0.5, 0.6) is 0 Å². The van der Waals surface area contributed by atoms with Gasteiger partial charge < -0.3 is 15.8 Å². The number of anilines is 2. The van der Waals surface area contributed by atoms with Crippen LogP contribution in [0.2, 0.25) is 0 Å². The zero-order valence-corrected chi connectivity index (χ0v) is 11.7. The number of hydrogen-bond donors (Lipinski definition) is 2. The Bertz CT molecular complexity index is 470. The third-order valence-corrected chi connectivity index (χ3v) is 5.06. The average molecular weight is 279 g/mol.